The van der Waals surface area contributed by atoms with Crippen LogP contribution >= 0.6 is 0 Å². The summed E-state index contributed by atoms with van der Waals surface area (Å²) < 4.78 is 22.7. The SMILES string of the molecule is CS(=O)c1ccccc1.O=S(c1ccccc1)c1ccccc1. The van der Waals surface area contributed by atoms with Crippen molar-refractivity contribution in [3.63, 3.8) is 0 Å². The van der Waals surface area contributed by atoms with Gasteiger partial charge in [0, 0.05) is 31.7 Å². The van der Waals surface area contributed by atoms with Gasteiger partial charge in [0.2, 0.25) is 0 Å². The maximum atomic E-state index is 12.0. The summed E-state index contributed by atoms with van der Waals surface area (Å²) in [5.74, 6) is 0. The molecular weight excluding hydrogens is 324 g/mol. The molecule has 118 valence electrons. The molecular formula is C19H18O2S2. The molecule has 1 atom stereocenters. The highest BCUT2D eigenvalue weighted by molar-refractivity contribution is 7.85. The van der Waals surface area contributed by atoms with Gasteiger partial charge in [-0.2, -0.15) is 0 Å². The van der Waals surface area contributed by atoms with Gasteiger partial charge >= 0.3 is 0 Å². The van der Waals surface area contributed by atoms with Crippen molar-refractivity contribution in [2.45, 2.75) is 14.7 Å². The second kappa shape index (κ2) is 9.18. The Kier molecular flexibility index (Phi) is 6.91. The standard InChI is InChI=1S/C12H10OS.C7H8OS/c13-14(11-7-3-1-4-8-11)12-9-5-2-6-10-12;1-9(8)7-5-3-2-4-6-7/h1-10H;2-6H,1H3. The van der Waals surface area contributed by atoms with Crippen molar-refractivity contribution in [3.05, 3.63) is 91.0 Å². The fourth-order valence-electron chi connectivity index (χ4n) is 1.84. The van der Waals surface area contributed by atoms with Gasteiger partial charge in [0.25, 0.3) is 0 Å². The summed E-state index contributed by atoms with van der Waals surface area (Å²) in [7, 11) is -1.88. The maximum Gasteiger partial charge on any atom is 0.0849 e. The minimum absolute atomic E-state index is 0.829. The zero-order valence-electron chi connectivity index (χ0n) is 12.8. The van der Waals surface area contributed by atoms with Crippen LogP contribution in [0.15, 0.2) is 106 Å². The number of hydrogen-bond donors (Lipinski definition) is 0. The van der Waals surface area contributed by atoms with Gasteiger partial charge < -0.3 is 0 Å². The zero-order chi connectivity index (χ0) is 16.5. The summed E-state index contributed by atoms with van der Waals surface area (Å²) in [6.07, 6.45) is 1.68. The first-order valence-electron chi connectivity index (χ1n) is 7.09. The molecule has 23 heavy (non-hydrogen) atoms. The second-order valence-corrected chi connectivity index (χ2v) is 7.52. The van der Waals surface area contributed by atoms with Gasteiger partial charge in [0.1, 0.15) is 0 Å². The van der Waals surface area contributed by atoms with Gasteiger partial charge in [-0.25, -0.2) is 4.21 Å². The number of benzene rings is 3. The van der Waals surface area contributed by atoms with Gasteiger partial charge in [-0.1, -0.05) is 54.6 Å². The van der Waals surface area contributed by atoms with E-state index in [1.165, 1.54) is 0 Å². The van der Waals surface area contributed by atoms with Crippen molar-refractivity contribution in [2.24, 2.45) is 0 Å². The van der Waals surface area contributed by atoms with Crippen LogP contribution in [-0.4, -0.2) is 14.7 Å². The molecule has 0 aliphatic rings. The molecule has 0 radical (unpaired) electrons. The molecule has 3 aromatic carbocycles. The Labute approximate surface area is 142 Å². The van der Waals surface area contributed by atoms with Crippen LogP contribution in [0.4, 0.5) is 0 Å². The molecule has 3 rings (SSSR count). The molecule has 3 aromatic rings. The topological polar surface area (TPSA) is 34.1 Å². The minimum Gasteiger partial charge on any atom is -0.255 e. The lowest BCUT2D eigenvalue weighted by Gasteiger charge is -2.00. The van der Waals surface area contributed by atoms with E-state index >= 15 is 0 Å². The van der Waals surface area contributed by atoms with Crippen LogP contribution in [-0.2, 0) is 21.6 Å². The van der Waals surface area contributed by atoms with Crippen LogP contribution in [0.3, 0.4) is 0 Å². The summed E-state index contributed by atoms with van der Waals surface area (Å²) in [6, 6.07) is 28.4. The molecule has 0 N–H and O–H groups in total. The van der Waals surface area contributed by atoms with Crippen LogP contribution in [0, 0.1) is 0 Å². The van der Waals surface area contributed by atoms with E-state index in [4.69, 9.17) is 0 Å². The first-order chi connectivity index (χ1) is 11.2. The molecule has 0 heterocycles. The Morgan fingerprint density at radius 2 is 0.826 bits per heavy atom. The van der Waals surface area contributed by atoms with Crippen molar-refractivity contribution < 1.29 is 8.42 Å². The molecule has 2 nitrogen and oxygen atoms in total. The molecule has 0 amide bonds. The molecule has 1 unspecified atom stereocenters. The molecule has 0 saturated heterocycles. The highest BCUT2D eigenvalue weighted by Gasteiger charge is 2.04. The van der Waals surface area contributed by atoms with Crippen LogP contribution in [0.2, 0.25) is 0 Å². The molecule has 0 bridgehead atoms. The second-order valence-electron chi connectivity index (χ2n) is 4.66. The lowest BCUT2D eigenvalue weighted by atomic mass is 10.4. The molecule has 0 aromatic heterocycles. The average Bonchev–Trinajstić information content (AvgIpc) is 2.64. The smallest absolute Gasteiger partial charge is 0.0849 e. The van der Waals surface area contributed by atoms with E-state index in [1.807, 2.05) is 91.0 Å². The first-order valence-corrected chi connectivity index (χ1v) is 9.79. The van der Waals surface area contributed by atoms with Gasteiger partial charge in [0.15, 0.2) is 0 Å². The Hall–Kier alpha value is -2.04. The summed E-state index contributed by atoms with van der Waals surface area (Å²) in [4.78, 5) is 2.58. The summed E-state index contributed by atoms with van der Waals surface area (Å²) in [6.45, 7) is 0. The fourth-order valence-corrected chi connectivity index (χ4v) is 3.46. The normalized spacial score (nSPS) is 11.4. The Morgan fingerprint density at radius 3 is 1.09 bits per heavy atom. The predicted octanol–water partition coefficient (Wildman–Crippen LogP) is 4.28. The Bertz CT molecular complexity index is 716. The van der Waals surface area contributed by atoms with Crippen molar-refractivity contribution in [1.82, 2.24) is 0 Å². The zero-order valence-corrected chi connectivity index (χ0v) is 14.4. The molecule has 4 heteroatoms. The minimum atomic E-state index is -1.05. The van der Waals surface area contributed by atoms with E-state index in [-0.39, 0.29) is 0 Å². The van der Waals surface area contributed by atoms with E-state index in [2.05, 4.69) is 0 Å². The van der Waals surface area contributed by atoms with E-state index < -0.39 is 21.6 Å². The van der Waals surface area contributed by atoms with Crippen LogP contribution < -0.4 is 0 Å². The molecule has 0 saturated carbocycles. The van der Waals surface area contributed by atoms with E-state index in [0.717, 1.165) is 14.7 Å². The molecule has 0 aliphatic carbocycles. The monoisotopic (exact) mass is 342 g/mol. The maximum absolute atomic E-state index is 12.0. The summed E-state index contributed by atoms with van der Waals surface area (Å²) in [5.41, 5.74) is 0. The summed E-state index contributed by atoms with van der Waals surface area (Å²) >= 11 is 0. The Morgan fingerprint density at radius 1 is 0.522 bits per heavy atom. The van der Waals surface area contributed by atoms with Crippen molar-refractivity contribution in [2.75, 3.05) is 6.26 Å². The first kappa shape index (κ1) is 17.3. The number of rotatable bonds is 3. The molecule has 0 spiro atoms. The highest BCUT2D eigenvalue weighted by Crippen LogP contribution is 2.14. The lowest BCUT2D eigenvalue weighted by Crippen LogP contribution is -1.91. The molecule has 0 aliphatic heterocycles. The van der Waals surface area contributed by atoms with E-state index in [0.29, 0.717) is 0 Å². The third kappa shape index (κ3) is 5.58. The van der Waals surface area contributed by atoms with Crippen molar-refractivity contribution in [1.29, 1.82) is 0 Å². The van der Waals surface area contributed by atoms with Gasteiger partial charge in [-0.3, -0.25) is 4.21 Å². The molecule has 0 fully saturated rings. The van der Waals surface area contributed by atoms with E-state index in [9.17, 15) is 8.42 Å². The highest BCUT2D eigenvalue weighted by atomic mass is 32.2. The Balaban J connectivity index is 0.000000185. The van der Waals surface area contributed by atoms with Gasteiger partial charge in [0.05, 0.1) is 10.8 Å². The van der Waals surface area contributed by atoms with Gasteiger partial charge in [-0.15, -0.1) is 0 Å². The third-order valence-electron chi connectivity index (χ3n) is 2.99. The van der Waals surface area contributed by atoms with Crippen molar-refractivity contribution >= 4 is 21.6 Å². The average molecular weight is 342 g/mol. The van der Waals surface area contributed by atoms with Crippen molar-refractivity contribution in [3.8, 4) is 0 Å². The van der Waals surface area contributed by atoms with E-state index in [1.54, 1.807) is 6.26 Å². The third-order valence-corrected chi connectivity index (χ3v) is 5.33. The predicted molar refractivity (Wildman–Crippen MR) is 96.3 cm³/mol. The fraction of sp³-hybridized carbons (Fsp3) is 0.0526. The van der Waals surface area contributed by atoms with Crippen LogP contribution in [0.5, 0.6) is 0 Å². The lowest BCUT2D eigenvalue weighted by molar-refractivity contribution is 0.683. The summed E-state index contributed by atoms with van der Waals surface area (Å²) in [5, 5.41) is 0. The quantitative estimate of drug-likeness (QED) is 0.712. The number of hydrogen-bond acceptors (Lipinski definition) is 2. The van der Waals surface area contributed by atoms with Gasteiger partial charge in [-0.05, 0) is 36.4 Å². The van der Waals surface area contributed by atoms with Crippen LogP contribution in [0.1, 0.15) is 0 Å². The largest absolute Gasteiger partial charge is 0.255 e. The van der Waals surface area contributed by atoms with Crippen LogP contribution in [0.25, 0.3) is 0 Å².